The van der Waals surface area contributed by atoms with Gasteiger partial charge in [-0.3, -0.25) is 0 Å². The molecule has 0 aliphatic rings. The van der Waals surface area contributed by atoms with Crippen molar-refractivity contribution in [3.05, 3.63) is 33.8 Å². The van der Waals surface area contributed by atoms with Crippen LogP contribution in [0.1, 0.15) is 39.3 Å². The summed E-state index contributed by atoms with van der Waals surface area (Å²) >= 11 is 11.9. The summed E-state index contributed by atoms with van der Waals surface area (Å²) in [5, 5.41) is 1.19. The minimum atomic E-state index is -1.12. The Kier molecular flexibility index (Phi) is 5.02. The summed E-state index contributed by atoms with van der Waals surface area (Å²) in [5.74, 6) is 0. The molecule has 0 heterocycles. The molecule has 2 nitrogen and oxygen atoms in total. The van der Waals surface area contributed by atoms with Gasteiger partial charge in [-0.1, -0.05) is 29.3 Å². The maximum Gasteiger partial charge on any atom is 0.0975 e. The van der Waals surface area contributed by atoms with Crippen molar-refractivity contribution in [3.63, 3.8) is 0 Å². The van der Waals surface area contributed by atoms with E-state index in [1.165, 1.54) is 0 Å². The van der Waals surface area contributed by atoms with Gasteiger partial charge in [0.05, 0.1) is 15.7 Å². The lowest BCUT2D eigenvalue weighted by Crippen LogP contribution is -2.34. The Labute approximate surface area is 115 Å². The van der Waals surface area contributed by atoms with E-state index < -0.39 is 11.0 Å². The molecule has 1 N–H and O–H groups in total. The minimum Gasteiger partial charge on any atom is -0.242 e. The zero-order chi connectivity index (χ0) is 13.2. The lowest BCUT2D eigenvalue weighted by Gasteiger charge is -2.22. The number of hydrogen-bond donors (Lipinski definition) is 1. The molecule has 0 amide bonds. The average molecular weight is 294 g/mol. The van der Waals surface area contributed by atoms with E-state index >= 15 is 0 Å². The third kappa shape index (κ3) is 4.25. The number of nitrogens with one attached hydrogen (secondary N) is 1. The van der Waals surface area contributed by atoms with Crippen LogP contribution in [0.4, 0.5) is 0 Å². The maximum atomic E-state index is 12.0. The topological polar surface area (TPSA) is 29.1 Å². The van der Waals surface area contributed by atoms with Crippen LogP contribution < -0.4 is 4.72 Å². The molecule has 1 aromatic rings. The molecule has 5 heteroatoms. The fourth-order valence-electron chi connectivity index (χ4n) is 1.25. The number of hydrogen-bond acceptors (Lipinski definition) is 1. The first-order valence-electron chi connectivity index (χ1n) is 5.35. The summed E-state index contributed by atoms with van der Waals surface area (Å²) in [6.45, 7) is 7.70. The van der Waals surface area contributed by atoms with Gasteiger partial charge in [-0.05, 0) is 45.4 Å². The Hall–Kier alpha value is -0.0900. The summed E-state index contributed by atoms with van der Waals surface area (Å²) in [5.41, 5.74) is 0.897. The van der Waals surface area contributed by atoms with E-state index in [1.54, 1.807) is 12.1 Å². The van der Waals surface area contributed by atoms with Crippen LogP contribution in [0, 0.1) is 0 Å². The molecule has 0 saturated heterocycles. The van der Waals surface area contributed by atoms with Gasteiger partial charge in [0.15, 0.2) is 0 Å². The normalized spacial score (nSPS) is 15.6. The molecule has 0 unspecified atom stereocenters. The van der Waals surface area contributed by atoms with Crippen molar-refractivity contribution in [1.82, 2.24) is 4.72 Å². The first kappa shape index (κ1) is 15.0. The summed E-state index contributed by atoms with van der Waals surface area (Å²) in [4.78, 5) is 0. The van der Waals surface area contributed by atoms with Crippen LogP contribution in [0.15, 0.2) is 18.2 Å². The van der Waals surface area contributed by atoms with Gasteiger partial charge in [-0.15, -0.1) is 0 Å². The van der Waals surface area contributed by atoms with E-state index in [1.807, 2.05) is 33.8 Å². The van der Waals surface area contributed by atoms with Gasteiger partial charge in [0.1, 0.15) is 0 Å². The molecule has 1 aromatic carbocycles. The number of benzene rings is 1. The van der Waals surface area contributed by atoms with E-state index in [4.69, 9.17) is 23.2 Å². The molecule has 96 valence electrons. The largest absolute Gasteiger partial charge is 0.242 e. The molecule has 0 fully saturated rings. The van der Waals surface area contributed by atoms with E-state index in [0.717, 1.165) is 5.56 Å². The first-order valence-corrected chi connectivity index (χ1v) is 7.25. The first-order chi connectivity index (χ1) is 7.71. The summed E-state index contributed by atoms with van der Waals surface area (Å²) < 4.78 is 14.7. The molecule has 1 rings (SSSR count). The van der Waals surface area contributed by atoms with Gasteiger partial charge in [0.2, 0.25) is 0 Å². The molecular weight excluding hydrogens is 277 g/mol. The molecule has 0 saturated carbocycles. The Balaban J connectivity index is 2.84. The van der Waals surface area contributed by atoms with Gasteiger partial charge in [0, 0.05) is 16.1 Å². The minimum absolute atomic E-state index is 0.0835. The summed E-state index contributed by atoms with van der Waals surface area (Å²) in [6, 6.07) is 5.24. The van der Waals surface area contributed by atoms with Crippen LogP contribution >= 0.6 is 23.2 Å². The molecule has 0 aliphatic carbocycles. The Morgan fingerprint density at radius 1 is 1.29 bits per heavy atom. The van der Waals surface area contributed by atoms with Gasteiger partial charge in [0.25, 0.3) is 0 Å². The lowest BCUT2D eigenvalue weighted by atomic mass is 10.1. The quantitative estimate of drug-likeness (QED) is 0.893. The van der Waals surface area contributed by atoms with Crippen molar-refractivity contribution in [2.75, 3.05) is 0 Å². The predicted molar refractivity (Wildman–Crippen MR) is 75.9 cm³/mol. The van der Waals surface area contributed by atoms with Crippen LogP contribution in [0.25, 0.3) is 0 Å². The monoisotopic (exact) mass is 293 g/mol. The molecule has 0 radical (unpaired) electrons. The Bertz CT molecular complexity index is 429. The van der Waals surface area contributed by atoms with Gasteiger partial charge >= 0.3 is 0 Å². The van der Waals surface area contributed by atoms with Crippen molar-refractivity contribution in [2.24, 2.45) is 0 Å². The highest BCUT2D eigenvalue weighted by Gasteiger charge is 2.22. The maximum absolute atomic E-state index is 12.0. The molecule has 17 heavy (non-hydrogen) atoms. The second-order valence-electron chi connectivity index (χ2n) is 4.89. The molecule has 0 spiro atoms. The van der Waals surface area contributed by atoms with Crippen molar-refractivity contribution in [3.8, 4) is 0 Å². The highest BCUT2D eigenvalue weighted by Crippen LogP contribution is 2.27. The zero-order valence-electron chi connectivity index (χ0n) is 10.4. The predicted octanol–water partition coefficient (Wildman–Crippen LogP) is 4.11. The second kappa shape index (κ2) is 5.70. The molecule has 0 aliphatic heterocycles. The molecule has 2 atom stereocenters. The van der Waals surface area contributed by atoms with Crippen LogP contribution in [0.5, 0.6) is 0 Å². The summed E-state index contributed by atoms with van der Waals surface area (Å²) in [7, 11) is -1.12. The standard InChI is InChI=1S/C12H17Cl2NOS/c1-8(15-17(16)12(2,3)4)10-6-5-9(13)7-11(10)14/h5-8,15H,1-4H3/t8-,17+/m1/s1. The average Bonchev–Trinajstić information content (AvgIpc) is 2.15. The fourth-order valence-corrected chi connectivity index (χ4v) is 2.63. The summed E-state index contributed by atoms with van der Waals surface area (Å²) in [6.07, 6.45) is 0. The van der Waals surface area contributed by atoms with Gasteiger partial charge in [-0.2, -0.15) is 0 Å². The number of halogens is 2. The molecule has 0 aromatic heterocycles. The van der Waals surface area contributed by atoms with Crippen LogP contribution in [-0.2, 0) is 11.0 Å². The van der Waals surface area contributed by atoms with Crippen molar-refractivity contribution in [2.45, 2.75) is 38.5 Å². The van der Waals surface area contributed by atoms with Crippen LogP contribution in [0.3, 0.4) is 0 Å². The van der Waals surface area contributed by atoms with Crippen molar-refractivity contribution >= 4 is 34.2 Å². The second-order valence-corrected chi connectivity index (χ2v) is 7.73. The zero-order valence-corrected chi connectivity index (χ0v) is 12.7. The fraction of sp³-hybridized carbons (Fsp3) is 0.500. The van der Waals surface area contributed by atoms with E-state index in [0.29, 0.717) is 10.0 Å². The highest BCUT2D eigenvalue weighted by atomic mass is 35.5. The third-order valence-corrected chi connectivity index (χ3v) is 4.51. The van der Waals surface area contributed by atoms with E-state index in [9.17, 15) is 4.21 Å². The lowest BCUT2D eigenvalue weighted by molar-refractivity contribution is 0.616. The highest BCUT2D eigenvalue weighted by molar-refractivity contribution is 7.84. The SMILES string of the molecule is C[C@@H](N[S@@](=O)C(C)(C)C)c1ccc(Cl)cc1Cl. The van der Waals surface area contributed by atoms with Gasteiger partial charge in [-0.25, -0.2) is 8.93 Å². The van der Waals surface area contributed by atoms with Crippen LogP contribution in [0.2, 0.25) is 10.0 Å². The molecular formula is C12H17Cl2NOS. The van der Waals surface area contributed by atoms with E-state index in [-0.39, 0.29) is 10.8 Å². The van der Waals surface area contributed by atoms with Crippen molar-refractivity contribution in [1.29, 1.82) is 0 Å². The van der Waals surface area contributed by atoms with Gasteiger partial charge < -0.3 is 0 Å². The Morgan fingerprint density at radius 3 is 2.35 bits per heavy atom. The number of rotatable bonds is 3. The van der Waals surface area contributed by atoms with E-state index in [2.05, 4.69) is 4.72 Å². The van der Waals surface area contributed by atoms with Crippen LogP contribution in [-0.4, -0.2) is 8.96 Å². The third-order valence-electron chi connectivity index (χ3n) is 2.27. The Morgan fingerprint density at radius 2 is 1.88 bits per heavy atom. The molecule has 0 bridgehead atoms. The van der Waals surface area contributed by atoms with Crippen molar-refractivity contribution < 1.29 is 4.21 Å². The smallest absolute Gasteiger partial charge is 0.0975 e.